The van der Waals surface area contributed by atoms with Gasteiger partial charge in [0.2, 0.25) is 11.8 Å². The fourth-order valence-electron chi connectivity index (χ4n) is 5.14. The van der Waals surface area contributed by atoms with Crippen molar-refractivity contribution in [1.29, 1.82) is 5.26 Å². The minimum Gasteiger partial charge on any atom is -0.354 e. The van der Waals surface area contributed by atoms with Crippen LogP contribution in [0.5, 0.6) is 0 Å². The summed E-state index contributed by atoms with van der Waals surface area (Å²) in [4.78, 5) is 46.4. The molecule has 1 fully saturated rings. The van der Waals surface area contributed by atoms with E-state index in [0.717, 1.165) is 36.8 Å². The number of benzene rings is 3. The molecule has 0 unspecified atom stereocenters. The van der Waals surface area contributed by atoms with Crippen molar-refractivity contribution in [2.24, 2.45) is 0 Å². The Balaban J connectivity index is 1.47. The van der Waals surface area contributed by atoms with E-state index in [1.165, 1.54) is 6.92 Å². The number of piperazine rings is 1. The lowest BCUT2D eigenvalue weighted by Crippen LogP contribution is -2.48. The molecule has 0 atom stereocenters. The predicted octanol–water partition coefficient (Wildman–Crippen LogP) is 4.30. The summed E-state index contributed by atoms with van der Waals surface area (Å²) in [5, 5.41) is 13.1. The third kappa shape index (κ3) is 5.92. The second-order valence-electron chi connectivity index (χ2n) is 10.5. The first-order valence-corrected chi connectivity index (χ1v) is 14.0. The second kappa shape index (κ2) is 12.2. The summed E-state index contributed by atoms with van der Waals surface area (Å²) >= 11 is 6.23. The molecular weight excluding hydrogens is 552 g/mol. The summed E-state index contributed by atoms with van der Waals surface area (Å²) in [6, 6.07) is 21.3. The first kappa shape index (κ1) is 29.0. The number of hydrogen-bond acceptors (Lipinski definition) is 7. The van der Waals surface area contributed by atoms with Crippen LogP contribution in [0.1, 0.15) is 23.6 Å². The molecule has 0 saturated carbocycles. The Bertz CT molecular complexity index is 1600. The molecule has 2 aliphatic rings. The van der Waals surface area contributed by atoms with E-state index in [1.54, 1.807) is 54.4 Å². The first-order chi connectivity index (χ1) is 20.2. The Hall–Kier alpha value is -4.49. The fraction of sp³-hybridized carbons (Fsp3) is 0.250. The third-order valence-electron chi connectivity index (χ3n) is 7.61. The second-order valence-corrected chi connectivity index (χ2v) is 10.9. The molecule has 0 spiro atoms. The number of nitrogens with zero attached hydrogens (tertiary/aromatic N) is 5. The highest BCUT2D eigenvalue weighted by atomic mass is 35.5. The molecule has 2 heterocycles. The Morgan fingerprint density at radius 3 is 2.29 bits per heavy atom. The average molecular weight is 583 g/mol. The van der Waals surface area contributed by atoms with E-state index in [0.29, 0.717) is 50.9 Å². The molecule has 0 aliphatic carbocycles. The van der Waals surface area contributed by atoms with Crippen molar-refractivity contribution >= 4 is 57.7 Å². The normalized spacial score (nSPS) is 16.5. The standard InChI is InChI=1S/C32H31ClN6O3/c1-21(40)39-28-18-24(33)8-13-27(28)30(32(39)42)31(23-6-4-22(19-34)5-7-23)35-25-9-11-26(12-10-25)37(3)29(41)20-38-16-14-36(2)15-17-38/h4-13,18,35H,14-17,20H2,1-3H3/b31-30-. The van der Waals surface area contributed by atoms with Gasteiger partial charge < -0.3 is 15.1 Å². The van der Waals surface area contributed by atoms with Crippen LogP contribution in [0.4, 0.5) is 17.1 Å². The number of fused-ring (bicyclic) bond motifs is 1. The number of imide groups is 1. The Labute approximate surface area is 250 Å². The van der Waals surface area contributed by atoms with Gasteiger partial charge in [-0.05, 0) is 61.1 Å². The zero-order valence-corrected chi connectivity index (χ0v) is 24.5. The van der Waals surface area contributed by atoms with Gasteiger partial charge in [-0.1, -0.05) is 29.8 Å². The number of carbonyl (C=O) groups is 3. The first-order valence-electron chi connectivity index (χ1n) is 13.6. The molecule has 10 heteroatoms. The lowest BCUT2D eigenvalue weighted by molar-refractivity contribution is -0.122. The molecule has 214 valence electrons. The van der Waals surface area contributed by atoms with Crippen molar-refractivity contribution in [3.05, 3.63) is 88.4 Å². The smallest absolute Gasteiger partial charge is 0.267 e. The van der Waals surface area contributed by atoms with E-state index < -0.39 is 11.8 Å². The summed E-state index contributed by atoms with van der Waals surface area (Å²) in [6.45, 7) is 5.30. The third-order valence-corrected chi connectivity index (χ3v) is 7.84. The van der Waals surface area contributed by atoms with Crippen LogP contribution in [-0.2, 0) is 14.4 Å². The molecule has 0 bridgehead atoms. The van der Waals surface area contributed by atoms with Crippen LogP contribution in [0, 0.1) is 11.3 Å². The van der Waals surface area contributed by atoms with E-state index in [9.17, 15) is 19.6 Å². The highest BCUT2D eigenvalue weighted by Gasteiger charge is 2.37. The largest absolute Gasteiger partial charge is 0.354 e. The average Bonchev–Trinajstić information content (AvgIpc) is 3.27. The van der Waals surface area contributed by atoms with Crippen LogP contribution in [0.15, 0.2) is 66.7 Å². The molecule has 1 N–H and O–H groups in total. The van der Waals surface area contributed by atoms with Crippen LogP contribution in [0.3, 0.4) is 0 Å². The van der Waals surface area contributed by atoms with Gasteiger partial charge in [0.25, 0.3) is 5.91 Å². The van der Waals surface area contributed by atoms with Crippen LogP contribution in [0.25, 0.3) is 11.3 Å². The van der Waals surface area contributed by atoms with Crippen LogP contribution < -0.4 is 15.1 Å². The lowest BCUT2D eigenvalue weighted by atomic mass is 9.99. The molecule has 1 saturated heterocycles. The topological polar surface area (TPSA) is 100.0 Å². The van der Waals surface area contributed by atoms with Gasteiger partial charge in [0.15, 0.2) is 0 Å². The maximum atomic E-state index is 13.7. The molecule has 3 amide bonds. The Kier molecular flexibility index (Phi) is 8.41. The SMILES string of the molecule is CC(=O)N1C(=O)/C(=C(\Nc2ccc(N(C)C(=O)CN3CCN(C)CC3)cc2)c2ccc(C#N)cc2)c2ccc(Cl)cc21. The van der Waals surface area contributed by atoms with Gasteiger partial charge >= 0.3 is 0 Å². The number of rotatable bonds is 6. The van der Waals surface area contributed by atoms with Gasteiger partial charge in [0, 0.05) is 62.1 Å². The monoisotopic (exact) mass is 582 g/mol. The van der Waals surface area contributed by atoms with Crippen LogP contribution >= 0.6 is 11.6 Å². The Morgan fingerprint density at radius 2 is 1.67 bits per heavy atom. The van der Waals surface area contributed by atoms with E-state index in [-0.39, 0.29) is 5.91 Å². The van der Waals surface area contributed by atoms with Gasteiger partial charge in [-0.15, -0.1) is 0 Å². The minimum atomic E-state index is -0.475. The number of carbonyl (C=O) groups excluding carboxylic acids is 3. The molecule has 0 aromatic heterocycles. The summed E-state index contributed by atoms with van der Waals surface area (Å²) < 4.78 is 0. The van der Waals surface area contributed by atoms with Crippen molar-refractivity contribution in [3.8, 4) is 6.07 Å². The zero-order valence-electron chi connectivity index (χ0n) is 23.7. The van der Waals surface area contributed by atoms with Crippen LogP contribution in [-0.4, -0.2) is 74.3 Å². The molecular formula is C32H31ClN6O3. The molecule has 3 aromatic rings. The van der Waals surface area contributed by atoms with E-state index >= 15 is 0 Å². The van der Waals surface area contributed by atoms with Crippen LogP contribution in [0.2, 0.25) is 5.02 Å². The van der Waals surface area contributed by atoms with Gasteiger partial charge in [0.1, 0.15) is 0 Å². The lowest BCUT2D eigenvalue weighted by Gasteiger charge is -2.32. The molecule has 2 aliphatic heterocycles. The predicted molar refractivity (Wildman–Crippen MR) is 165 cm³/mol. The van der Waals surface area contributed by atoms with Gasteiger partial charge in [-0.3, -0.25) is 19.3 Å². The highest BCUT2D eigenvalue weighted by molar-refractivity contribution is 6.44. The maximum Gasteiger partial charge on any atom is 0.267 e. The summed E-state index contributed by atoms with van der Waals surface area (Å²) in [6.07, 6.45) is 0. The van der Waals surface area contributed by atoms with E-state index in [1.807, 2.05) is 24.3 Å². The molecule has 0 radical (unpaired) electrons. The van der Waals surface area contributed by atoms with Crippen molar-refractivity contribution in [1.82, 2.24) is 9.80 Å². The highest BCUT2D eigenvalue weighted by Crippen LogP contribution is 2.42. The number of nitrogens with one attached hydrogen (secondary N) is 1. The quantitative estimate of drug-likeness (QED) is 0.433. The fourth-order valence-corrected chi connectivity index (χ4v) is 5.31. The molecule has 3 aromatic carbocycles. The number of halogens is 1. The number of amides is 3. The van der Waals surface area contributed by atoms with E-state index in [4.69, 9.17) is 11.6 Å². The summed E-state index contributed by atoms with van der Waals surface area (Å²) in [7, 11) is 3.85. The van der Waals surface area contributed by atoms with Gasteiger partial charge in [0.05, 0.1) is 35.1 Å². The zero-order chi connectivity index (χ0) is 30.0. The van der Waals surface area contributed by atoms with E-state index in [2.05, 4.69) is 28.2 Å². The van der Waals surface area contributed by atoms with Gasteiger partial charge in [-0.25, -0.2) is 4.90 Å². The van der Waals surface area contributed by atoms with Gasteiger partial charge in [-0.2, -0.15) is 5.26 Å². The maximum absolute atomic E-state index is 13.7. The number of anilines is 3. The summed E-state index contributed by atoms with van der Waals surface area (Å²) in [5.74, 6) is -0.888. The number of nitriles is 1. The summed E-state index contributed by atoms with van der Waals surface area (Å²) in [5.41, 5.74) is 4.33. The Morgan fingerprint density at radius 1 is 1.00 bits per heavy atom. The number of hydrogen-bond donors (Lipinski definition) is 1. The molecule has 9 nitrogen and oxygen atoms in total. The number of likely N-dealkylation sites (N-methyl/N-ethyl adjacent to an activating group) is 2. The minimum absolute atomic E-state index is 0.0109. The van der Waals surface area contributed by atoms with Crippen molar-refractivity contribution in [3.63, 3.8) is 0 Å². The van der Waals surface area contributed by atoms with Crippen molar-refractivity contribution in [2.75, 3.05) is 61.9 Å². The van der Waals surface area contributed by atoms with Crippen molar-refractivity contribution < 1.29 is 14.4 Å². The molecule has 5 rings (SSSR count). The van der Waals surface area contributed by atoms with Crippen molar-refractivity contribution in [2.45, 2.75) is 6.92 Å². The molecule has 42 heavy (non-hydrogen) atoms.